The van der Waals surface area contributed by atoms with E-state index in [9.17, 15) is 19.2 Å². The van der Waals surface area contributed by atoms with Crippen LogP contribution in [-0.4, -0.2) is 64.6 Å². The number of unbranched alkanes of at least 4 members (excludes halogenated alkanes) is 5. The molecule has 11 heteroatoms. The fourth-order valence-corrected chi connectivity index (χ4v) is 6.26. The molecule has 4 rings (SSSR count). The highest BCUT2D eigenvalue weighted by Gasteiger charge is 2.32. The maximum Gasteiger partial charge on any atom is 0.329 e. The molecule has 2 amide bonds. The van der Waals surface area contributed by atoms with Gasteiger partial charge in [0.1, 0.15) is 23.4 Å². The number of hydrogen-bond donors (Lipinski definition) is 2. The van der Waals surface area contributed by atoms with Crippen molar-refractivity contribution in [1.82, 2.24) is 20.6 Å². The van der Waals surface area contributed by atoms with E-state index in [1.807, 2.05) is 67.6 Å². The Hall–Kier alpha value is -5.58. The summed E-state index contributed by atoms with van der Waals surface area (Å²) in [6, 6.07) is 20.1. The van der Waals surface area contributed by atoms with E-state index in [1.165, 1.54) is 25.7 Å². The number of carbonyl (C=O) groups excluding carboxylic acids is 4. The van der Waals surface area contributed by atoms with Crippen molar-refractivity contribution in [3.63, 3.8) is 0 Å². The third-order valence-corrected chi connectivity index (χ3v) is 9.78. The van der Waals surface area contributed by atoms with E-state index in [4.69, 9.17) is 14.2 Å². The van der Waals surface area contributed by atoms with E-state index < -0.39 is 47.9 Å². The van der Waals surface area contributed by atoms with Crippen molar-refractivity contribution in [2.45, 2.75) is 136 Å². The molecule has 2 N–H and O–H groups in total. The highest BCUT2D eigenvalue weighted by Crippen LogP contribution is 2.25. The predicted octanol–water partition coefficient (Wildman–Crippen LogP) is 9.36. The van der Waals surface area contributed by atoms with Crippen LogP contribution >= 0.6 is 0 Å². The Morgan fingerprint density at radius 2 is 1.27 bits per heavy atom. The van der Waals surface area contributed by atoms with E-state index in [-0.39, 0.29) is 18.4 Å². The van der Waals surface area contributed by atoms with Gasteiger partial charge in [0.2, 0.25) is 5.91 Å². The lowest BCUT2D eigenvalue weighted by Gasteiger charge is -2.26. The molecule has 322 valence electrons. The Morgan fingerprint density at radius 3 is 1.87 bits per heavy atom. The number of hydrogen-bond acceptors (Lipinski definition) is 9. The topological polar surface area (TPSA) is 146 Å². The molecule has 4 aromatic rings. The Labute approximate surface area is 356 Å². The molecule has 0 saturated heterocycles. The van der Waals surface area contributed by atoms with Gasteiger partial charge in [-0.15, -0.1) is 0 Å². The third-order valence-electron chi connectivity index (χ3n) is 9.78. The smallest absolute Gasteiger partial charge is 0.329 e. The maximum atomic E-state index is 14.1. The second-order valence-corrected chi connectivity index (χ2v) is 17.2. The molecule has 60 heavy (non-hydrogen) atoms. The van der Waals surface area contributed by atoms with Gasteiger partial charge in [-0.3, -0.25) is 14.4 Å². The van der Waals surface area contributed by atoms with Gasteiger partial charge in [0.05, 0.1) is 19.6 Å². The normalized spacial score (nSPS) is 12.5. The monoisotopic (exact) mass is 820 g/mol. The molecule has 0 saturated carbocycles. The van der Waals surface area contributed by atoms with Crippen LogP contribution in [0.15, 0.2) is 85.2 Å². The zero-order valence-electron chi connectivity index (χ0n) is 36.8. The summed E-state index contributed by atoms with van der Waals surface area (Å²) in [6.07, 6.45) is 10.7. The fourth-order valence-electron chi connectivity index (χ4n) is 6.26. The van der Waals surface area contributed by atoms with Crippen LogP contribution in [0.25, 0.3) is 22.5 Å². The first-order chi connectivity index (χ1) is 28.6. The van der Waals surface area contributed by atoms with Gasteiger partial charge in [-0.1, -0.05) is 115 Å². The van der Waals surface area contributed by atoms with E-state index in [0.717, 1.165) is 46.4 Å². The second-order valence-electron chi connectivity index (χ2n) is 17.2. The summed E-state index contributed by atoms with van der Waals surface area (Å²) in [5.41, 5.74) is 3.79. The quantitative estimate of drug-likeness (QED) is 0.0620. The molecule has 3 aromatic carbocycles. The number of carbonyl (C=O) groups is 4. The lowest BCUT2D eigenvalue weighted by atomic mass is 9.86. The average Bonchev–Trinajstić information content (AvgIpc) is 3.21. The zero-order valence-corrected chi connectivity index (χ0v) is 36.8. The molecule has 0 fully saturated rings. The molecule has 1 heterocycles. The summed E-state index contributed by atoms with van der Waals surface area (Å²) in [6.45, 7) is 16.4. The number of aromatic nitrogens is 2. The zero-order chi connectivity index (χ0) is 43.7. The molecular formula is C49H64N4O7. The fraction of sp³-hybridized carbons (Fsp3) is 0.469. The van der Waals surface area contributed by atoms with Gasteiger partial charge in [-0.2, -0.15) is 0 Å². The number of ether oxygens (including phenoxy) is 3. The molecule has 0 radical (unpaired) electrons. The first-order valence-electron chi connectivity index (χ1n) is 21.3. The molecule has 0 aliphatic carbocycles. The summed E-state index contributed by atoms with van der Waals surface area (Å²) in [5, 5.41) is 5.55. The van der Waals surface area contributed by atoms with Gasteiger partial charge in [0, 0.05) is 35.5 Å². The Kier molecular flexibility index (Phi) is 17.8. The van der Waals surface area contributed by atoms with E-state index in [1.54, 1.807) is 45.3 Å². The molecule has 1 aromatic heterocycles. The van der Waals surface area contributed by atoms with Crippen LogP contribution < -0.4 is 15.4 Å². The lowest BCUT2D eigenvalue weighted by Crippen LogP contribution is -2.54. The Balaban J connectivity index is 1.50. The van der Waals surface area contributed by atoms with Crippen LogP contribution in [0.1, 0.15) is 128 Å². The SMILES string of the molecule is CCCCCCCOc1ccc(-c2cnc(-c3ccc(C[C@H](NC(=O)c4ccc(C(C)(C)C)cc4)C(=O)NC(CC(=O)OCCCC)C(=O)OC(C)(C)C)cc3)nc2)cc1. The van der Waals surface area contributed by atoms with Crippen LogP contribution in [-0.2, 0) is 35.7 Å². The summed E-state index contributed by atoms with van der Waals surface area (Å²) in [5.74, 6) is -1.18. The van der Waals surface area contributed by atoms with Gasteiger partial charge in [0.25, 0.3) is 5.91 Å². The minimum atomic E-state index is -1.34. The lowest BCUT2D eigenvalue weighted by molar-refractivity contribution is -0.162. The van der Waals surface area contributed by atoms with Crippen molar-refractivity contribution in [2.75, 3.05) is 13.2 Å². The molecular weight excluding hydrogens is 757 g/mol. The van der Waals surface area contributed by atoms with Gasteiger partial charge >= 0.3 is 11.9 Å². The number of amides is 2. The molecule has 11 nitrogen and oxygen atoms in total. The van der Waals surface area contributed by atoms with Crippen molar-refractivity contribution in [2.24, 2.45) is 0 Å². The standard InChI is InChI=1S/C49H64N4O7/c1-9-11-13-14-15-29-58-40-26-22-35(23-27-40)38-32-50-44(51-33-38)36-18-16-34(17-19-36)30-41(52-45(55)37-20-24-39(25-21-37)48(3,4)5)46(56)53-42(47(57)60-49(6,7)8)31-43(54)59-28-12-10-2/h16-27,32-33,41-42H,9-15,28-31H2,1-8H3,(H,52,55)(H,53,56)/t41-,42?/m0/s1. The highest BCUT2D eigenvalue weighted by molar-refractivity contribution is 5.98. The largest absolute Gasteiger partial charge is 0.494 e. The van der Waals surface area contributed by atoms with Crippen molar-refractivity contribution in [1.29, 1.82) is 0 Å². The van der Waals surface area contributed by atoms with Crippen molar-refractivity contribution >= 4 is 23.8 Å². The predicted molar refractivity (Wildman–Crippen MR) is 236 cm³/mol. The Morgan fingerprint density at radius 1 is 0.650 bits per heavy atom. The number of nitrogens with one attached hydrogen (secondary N) is 2. The minimum Gasteiger partial charge on any atom is -0.494 e. The molecule has 0 spiro atoms. The third kappa shape index (κ3) is 15.5. The van der Waals surface area contributed by atoms with Crippen LogP contribution in [0, 0.1) is 0 Å². The molecule has 1 unspecified atom stereocenters. The second kappa shape index (κ2) is 22.7. The minimum absolute atomic E-state index is 0.0816. The first-order valence-corrected chi connectivity index (χ1v) is 21.3. The van der Waals surface area contributed by atoms with Gasteiger partial charge < -0.3 is 24.8 Å². The molecule has 0 bridgehead atoms. The highest BCUT2D eigenvalue weighted by atomic mass is 16.6. The van der Waals surface area contributed by atoms with Crippen LogP contribution in [0.3, 0.4) is 0 Å². The van der Waals surface area contributed by atoms with Crippen LogP contribution in [0.4, 0.5) is 0 Å². The first kappa shape index (κ1) is 47.1. The summed E-state index contributed by atoms with van der Waals surface area (Å²) < 4.78 is 16.8. The van der Waals surface area contributed by atoms with Gasteiger partial charge in [-0.25, -0.2) is 14.8 Å². The number of esters is 2. The Bertz CT molecular complexity index is 1970. The molecule has 2 atom stereocenters. The number of rotatable bonds is 21. The van der Waals surface area contributed by atoms with Crippen molar-refractivity contribution in [3.8, 4) is 28.3 Å². The van der Waals surface area contributed by atoms with E-state index in [2.05, 4.69) is 48.3 Å². The van der Waals surface area contributed by atoms with Crippen LogP contribution in [0.5, 0.6) is 5.75 Å². The summed E-state index contributed by atoms with van der Waals surface area (Å²) in [4.78, 5) is 63.0. The van der Waals surface area contributed by atoms with Crippen molar-refractivity contribution < 1.29 is 33.4 Å². The summed E-state index contributed by atoms with van der Waals surface area (Å²) in [7, 11) is 0. The average molecular weight is 821 g/mol. The van der Waals surface area contributed by atoms with Gasteiger partial charge in [-0.05, 0) is 80.0 Å². The maximum absolute atomic E-state index is 14.1. The molecule has 0 aliphatic heterocycles. The molecule has 0 aliphatic rings. The number of nitrogens with zero attached hydrogens (tertiary/aromatic N) is 2. The van der Waals surface area contributed by atoms with E-state index in [0.29, 0.717) is 24.4 Å². The van der Waals surface area contributed by atoms with Crippen LogP contribution in [0.2, 0.25) is 0 Å². The van der Waals surface area contributed by atoms with Gasteiger partial charge in [0.15, 0.2) is 5.82 Å². The number of benzene rings is 3. The summed E-state index contributed by atoms with van der Waals surface area (Å²) >= 11 is 0. The van der Waals surface area contributed by atoms with E-state index >= 15 is 0 Å². The van der Waals surface area contributed by atoms with Crippen molar-refractivity contribution in [3.05, 3.63) is 102 Å².